The third-order valence-corrected chi connectivity index (χ3v) is 4.86. The molecule has 0 amide bonds. The molecule has 6 heteroatoms. The highest BCUT2D eigenvalue weighted by Crippen LogP contribution is 2.28. The lowest BCUT2D eigenvalue weighted by molar-refractivity contribution is -0.139. The average Bonchev–Trinajstić information content (AvgIpc) is 3.30. The summed E-state index contributed by atoms with van der Waals surface area (Å²) in [6.07, 6.45) is 0.143. The molecular formula is C22H19N3O3. The third kappa shape index (κ3) is 3.48. The molecule has 140 valence electrons. The Morgan fingerprint density at radius 3 is 2.82 bits per heavy atom. The van der Waals surface area contributed by atoms with Crippen LogP contribution in [0.1, 0.15) is 40.4 Å². The van der Waals surface area contributed by atoms with Crippen molar-refractivity contribution in [3.05, 3.63) is 70.5 Å². The molecule has 3 aromatic rings. The lowest BCUT2D eigenvalue weighted by Gasteiger charge is -2.04. The van der Waals surface area contributed by atoms with E-state index < -0.39 is 11.9 Å². The summed E-state index contributed by atoms with van der Waals surface area (Å²) in [6, 6.07) is 12.8. The van der Waals surface area contributed by atoms with Crippen LogP contribution in [0.2, 0.25) is 0 Å². The summed E-state index contributed by atoms with van der Waals surface area (Å²) in [5.41, 5.74) is 10.0. The van der Waals surface area contributed by atoms with Crippen molar-refractivity contribution in [2.45, 2.75) is 25.4 Å². The standard InChI is InChI=1S/C22H19N3O3/c23-21(24)14-6-7-19-16(9-14)10-20(28-19)18(22(26)27)3-1-2-13-4-5-15-11-25-12-17(15)8-13/h4-10,18,25H,3,11-12H2,(H3,23,24)(H,26,27). The number of fused-ring (bicyclic) bond motifs is 2. The number of carboxylic acid groups (broad SMARTS) is 1. The van der Waals surface area contributed by atoms with Crippen LogP contribution in [-0.4, -0.2) is 16.9 Å². The number of hydrogen-bond acceptors (Lipinski definition) is 4. The minimum absolute atomic E-state index is 0.0464. The van der Waals surface area contributed by atoms with E-state index in [4.69, 9.17) is 15.6 Å². The van der Waals surface area contributed by atoms with Gasteiger partial charge in [-0.3, -0.25) is 10.2 Å². The van der Waals surface area contributed by atoms with Gasteiger partial charge in [0, 0.05) is 36.0 Å². The van der Waals surface area contributed by atoms with Crippen LogP contribution in [0, 0.1) is 17.3 Å². The Bertz CT molecular complexity index is 1150. The van der Waals surface area contributed by atoms with Crippen molar-refractivity contribution in [3.63, 3.8) is 0 Å². The summed E-state index contributed by atoms with van der Waals surface area (Å²) in [4.78, 5) is 11.8. The van der Waals surface area contributed by atoms with E-state index in [0.717, 1.165) is 18.7 Å². The maximum Gasteiger partial charge on any atom is 0.315 e. The largest absolute Gasteiger partial charge is 0.481 e. The molecule has 0 spiro atoms. The average molecular weight is 373 g/mol. The molecule has 4 rings (SSSR count). The number of nitrogens with one attached hydrogen (secondary N) is 2. The first-order valence-corrected chi connectivity index (χ1v) is 8.93. The fourth-order valence-corrected chi connectivity index (χ4v) is 3.34. The molecular weight excluding hydrogens is 354 g/mol. The maximum atomic E-state index is 11.8. The van der Waals surface area contributed by atoms with Crippen molar-refractivity contribution in [1.82, 2.24) is 5.32 Å². The first-order valence-electron chi connectivity index (χ1n) is 8.93. The van der Waals surface area contributed by atoms with Crippen LogP contribution in [0.25, 0.3) is 11.0 Å². The van der Waals surface area contributed by atoms with E-state index in [2.05, 4.69) is 23.2 Å². The molecule has 1 aliphatic rings. The molecule has 5 N–H and O–H groups in total. The quantitative estimate of drug-likeness (QED) is 0.319. The van der Waals surface area contributed by atoms with Crippen LogP contribution in [-0.2, 0) is 17.9 Å². The fourth-order valence-electron chi connectivity index (χ4n) is 3.34. The van der Waals surface area contributed by atoms with E-state index in [1.165, 1.54) is 11.1 Å². The Hall–Kier alpha value is -3.56. The number of amidine groups is 1. The zero-order valence-electron chi connectivity index (χ0n) is 15.1. The SMILES string of the molecule is N=C(N)c1ccc2oc(C(CC#Cc3ccc4c(c3)CNC4)C(=O)O)cc2c1. The van der Waals surface area contributed by atoms with Gasteiger partial charge in [0.25, 0.3) is 0 Å². The Morgan fingerprint density at radius 2 is 2.04 bits per heavy atom. The molecule has 0 aliphatic carbocycles. The van der Waals surface area contributed by atoms with Gasteiger partial charge in [-0.2, -0.15) is 0 Å². The molecule has 0 fully saturated rings. The predicted octanol–water partition coefficient (Wildman–Crippen LogP) is 2.93. The summed E-state index contributed by atoms with van der Waals surface area (Å²) in [6.45, 7) is 1.71. The smallest absolute Gasteiger partial charge is 0.315 e. The van der Waals surface area contributed by atoms with Gasteiger partial charge in [0.05, 0.1) is 0 Å². The van der Waals surface area contributed by atoms with E-state index in [1.807, 2.05) is 12.1 Å². The third-order valence-electron chi connectivity index (χ3n) is 4.86. The van der Waals surface area contributed by atoms with E-state index in [9.17, 15) is 9.90 Å². The molecule has 2 heterocycles. The van der Waals surface area contributed by atoms with Gasteiger partial charge in [-0.15, -0.1) is 0 Å². The number of aliphatic carboxylic acids is 1. The van der Waals surface area contributed by atoms with Crippen LogP contribution < -0.4 is 11.1 Å². The molecule has 28 heavy (non-hydrogen) atoms. The fraction of sp³-hybridized carbons (Fsp3) is 0.182. The van der Waals surface area contributed by atoms with Gasteiger partial charge in [-0.1, -0.05) is 17.9 Å². The molecule has 1 unspecified atom stereocenters. The number of carboxylic acids is 1. The molecule has 1 aliphatic heterocycles. The highest BCUT2D eigenvalue weighted by molar-refractivity contribution is 5.98. The van der Waals surface area contributed by atoms with Gasteiger partial charge in [0.2, 0.25) is 0 Å². The number of hydrogen-bond donors (Lipinski definition) is 4. The number of rotatable bonds is 4. The predicted molar refractivity (Wildman–Crippen MR) is 106 cm³/mol. The maximum absolute atomic E-state index is 11.8. The molecule has 0 saturated heterocycles. The minimum Gasteiger partial charge on any atom is -0.481 e. The number of carbonyl (C=O) groups is 1. The van der Waals surface area contributed by atoms with Crippen molar-refractivity contribution in [2.24, 2.45) is 5.73 Å². The van der Waals surface area contributed by atoms with Crippen molar-refractivity contribution in [2.75, 3.05) is 0 Å². The number of benzene rings is 2. The van der Waals surface area contributed by atoms with Gasteiger partial charge in [-0.25, -0.2) is 0 Å². The molecule has 0 radical (unpaired) electrons. The zero-order valence-corrected chi connectivity index (χ0v) is 15.1. The van der Waals surface area contributed by atoms with Crippen LogP contribution in [0.4, 0.5) is 0 Å². The van der Waals surface area contributed by atoms with Crippen LogP contribution in [0.15, 0.2) is 46.9 Å². The van der Waals surface area contributed by atoms with Gasteiger partial charge < -0.3 is 20.6 Å². The number of furan rings is 1. The first kappa shape index (κ1) is 17.8. The number of nitrogen functional groups attached to an aromatic ring is 1. The van der Waals surface area contributed by atoms with E-state index in [0.29, 0.717) is 22.3 Å². The van der Waals surface area contributed by atoms with Crippen molar-refractivity contribution in [3.8, 4) is 11.8 Å². The Morgan fingerprint density at radius 1 is 1.21 bits per heavy atom. The molecule has 2 aromatic carbocycles. The topological polar surface area (TPSA) is 112 Å². The Balaban J connectivity index is 1.57. The summed E-state index contributed by atoms with van der Waals surface area (Å²) in [7, 11) is 0. The monoisotopic (exact) mass is 373 g/mol. The highest BCUT2D eigenvalue weighted by Gasteiger charge is 2.23. The lowest BCUT2D eigenvalue weighted by atomic mass is 10.0. The summed E-state index contributed by atoms with van der Waals surface area (Å²) < 4.78 is 5.72. The Labute approximate surface area is 161 Å². The molecule has 0 saturated carbocycles. The highest BCUT2D eigenvalue weighted by atomic mass is 16.4. The van der Waals surface area contributed by atoms with Crippen LogP contribution in [0.5, 0.6) is 0 Å². The molecule has 1 aromatic heterocycles. The summed E-state index contributed by atoms with van der Waals surface area (Å²) >= 11 is 0. The van der Waals surface area contributed by atoms with Gasteiger partial charge in [0.15, 0.2) is 0 Å². The normalized spacial score (nSPS) is 13.6. The van der Waals surface area contributed by atoms with Crippen molar-refractivity contribution < 1.29 is 14.3 Å². The Kier molecular flexibility index (Phi) is 4.60. The summed E-state index contributed by atoms with van der Waals surface area (Å²) in [5.74, 6) is 4.49. The first-order chi connectivity index (χ1) is 13.5. The van der Waals surface area contributed by atoms with Gasteiger partial charge >= 0.3 is 5.97 Å². The molecule has 0 bridgehead atoms. The second-order valence-corrected chi connectivity index (χ2v) is 6.80. The molecule has 1 atom stereocenters. The zero-order chi connectivity index (χ0) is 19.7. The van der Waals surface area contributed by atoms with E-state index in [1.54, 1.807) is 24.3 Å². The van der Waals surface area contributed by atoms with E-state index in [-0.39, 0.29) is 12.3 Å². The minimum atomic E-state index is -0.988. The van der Waals surface area contributed by atoms with Gasteiger partial charge in [0.1, 0.15) is 23.1 Å². The van der Waals surface area contributed by atoms with Gasteiger partial charge in [-0.05, 0) is 47.5 Å². The second kappa shape index (κ2) is 7.22. The number of nitrogens with two attached hydrogens (primary N) is 1. The second-order valence-electron chi connectivity index (χ2n) is 6.80. The molecule has 6 nitrogen and oxygen atoms in total. The van der Waals surface area contributed by atoms with E-state index >= 15 is 0 Å². The van der Waals surface area contributed by atoms with Crippen LogP contribution in [0.3, 0.4) is 0 Å². The lowest BCUT2D eigenvalue weighted by Crippen LogP contribution is -2.10. The summed E-state index contributed by atoms with van der Waals surface area (Å²) in [5, 5.41) is 21.2. The van der Waals surface area contributed by atoms with Crippen molar-refractivity contribution >= 4 is 22.8 Å². The van der Waals surface area contributed by atoms with Crippen molar-refractivity contribution in [1.29, 1.82) is 5.41 Å². The van der Waals surface area contributed by atoms with Crippen LogP contribution >= 0.6 is 0 Å².